The van der Waals surface area contributed by atoms with E-state index in [9.17, 15) is 19.5 Å². The maximum Gasteiger partial charge on any atom is 0.337 e. The van der Waals surface area contributed by atoms with Crippen LogP contribution < -0.4 is 14.5 Å². The second kappa shape index (κ2) is 10.0. The van der Waals surface area contributed by atoms with Crippen LogP contribution in [0.5, 0.6) is 5.75 Å². The van der Waals surface area contributed by atoms with E-state index in [1.807, 2.05) is 31.1 Å². The summed E-state index contributed by atoms with van der Waals surface area (Å²) in [6.45, 7) is 0. The van der Waals surface area contributed by atoms with Crippen LogP contribution in [0, 0.1) is 0 Å². The molecule has 2 heterocycles. The summed E-state index contributed by atoms with van der Waals surface area (Å²) >= 11 is 0. The number of para-hydroxylation sites is 1. The van der Waals surface area contributed by atoms with E-state index >= 15 is 0 Å². The van der Waals surface area contributed by atoms with Crippen LogP contribution in [0.2, 0.25) is 0 Å². The highest BCUT2D eigenvalue weighted by atomic mass is 16.5. The van der Waals surface area contributed by atoms with Gasteiger partial charge in [0, 0.05) is 30.9 Å². The van der Waals surface area contributed by atoms with E-state index in [2.05, 4.69) is 0 Å². The van der Waals surface area contributed by atoms with Gasteiger partial charge in [-0.25, -0.2) is 4.79 Å². The van der Waals surface area contributed by atoms with Crippen molar-refractivity contribution < 1.29 is 33.4 Å². The van der Waals surface area contributed by atoms with Crippen molar-refractivity contribution in [3.63, 3.8) is 0 Å². The number of ketones is 1. The molecule has 3 aromatic carbocycles. The molecule has 4 aromatic rings. The zero-order chi connectivity index (χ0) is 27.8. The minimum absolute atomic E-state index is 0.0519. The monoisotopic (exact) mass is 526 g/mol. The Morgan fingerprint density at radius 3 is 2.36 bits per heavy atom. The zero-order valence-electron chi connectivity index (χ0n) is 21.8. The lowest BCUT2D eigenvalue weighted by molar-refractivity contribution is -0.117. The zero-order valence-corrected chi connectivity index (χ0v) is 21.8. The lowest BCUT2D eigenvalue weighted by atomic mass is 9.94. The second-order valence-corrected chi connectivity index (χ2v) is 9.19. The molecule has 198 valence electrons. The van der Waals surface area contributed by atoms with Crippen LogP contribution in [0.3, 0.4) is 0 Å². The van der Waals surface area contributed by atoms with Crippen molar-refractivity contribution in [1.29, 1.82) is 0 Å². The summed E-state index contributed by atoms with van der Waals surface area (Å²) in [4.78, 5) is 42.9. The molecule has 1 atom stereocenters. The summed E-state index contributed by atoms with van der Waals surface area (Å²) in [6, 6.07) is 19.4. The Morgan fingerprint density at radius 1 is 0.974 bits per heavy atom. The third-order valence-corrected chi connectivity index (χ3v) is 6.68. The number of hydrogen-bond donors (Lipinski definition) is 1. The molecular weight excluding hydrogens is 500 g/mol. The molecule has 1 N–H and O–H groups in total. The van der Waals surface area contributed by atoms with E-state index in [0.717, 1.165) is 5.69 Å². The summed E-state index contributed by atoms with van der Waals surface area (Å²) in [5, 5.41) is 11.7. The molecule has 0 aliphatic carbocycles. The average Bonchev–Trinajstić information content (AvgIpc) is 3.51. The van der Waals surface area contributed by atoms with Crippen LogP contribution in [0.1, 0.15) is 32.5 Å². The number of amides is 1. The number of ether oxygens (including phenoxy) is 2. The number of anilines is 2. The average molecular weight is 527 g/mol. The van der Waals surface area contributed by atoms with Crippen LogP contribution in [0.15, 0.2) is 88.5 Å². The van der Waals surface area contributed by atoms with Crippen molar-refractivity contribution in [3.05, 3.63) is 101 Å². The fraction of sp³-hybridized carbons (Fsp3) is 0.167. The number of hydrogen-bond acceptors (Lipinski definition) is 8. The van der Waals surface area contributed by atoms with Gasteiger partial charge in [0.25, 0.3) is 5.91 Å². The molecule has 1 aliphatic rings. The number of Topliss-reactive ketones (excluding diaryl/α,β-unsaturated/α-hetero) is 1. The summed E-state index contributed by atoms with van der Waals surface area (Å²) in [7, 11) is 6.55. The fourth-order valence-corrected chi connectivity index (χ4v) is 4.72. The van der Waals surface area contributed by atoms with Gasteiger partial charge in [-0.15, -0.1) is 0 Å². The number of aliphatic hydroxyl groups is 1. The number of carbonyl (C=O) groups is 3. The Balaban J connectivity index is 1.66. The highest BCUT2D eigenvalue weighted by molar-refractivity contribution is 6.21. The van der Waals surface area contributed by atoms with Gasteiger partial charge in [0.2, 0.25) is 5.78 Å². The number of benzene rings is 3. The van der Waals surface area contributed by atoms with Crippen molar-refractivity contribution in [2.24, 2.45) is 0 Å². The highest BCUT2D eigenvalue weighted by Gasteiger charge is 2.45. The lowest BCUT2D eigenvalue weighted by Crippen LogP contribution is -2.31. The Labute approximate surface area is 224 Å². The molecule has 0 spiro atoms. The number of furan rings is 1. The Hall–Kier alpha value is -5.05. The maximum absolute atomic E-state index is 13.9. The summed E-state index contributed by atoms with van der Waals surface area (Å²) in [5.74, 6) is -2.31. The van der Waals surface area contributed by atoms with E-state index in [-0.39, 0.29) is 16.9 Å². The van der Waals surface area contributed by atoms with Gasteiger partial charge in [-0.3, -0.25) is 14.5 Å². The van der Waals surface area contributed by atoms with Crippen molar-refractivity contribution in [3.8, 4) is 5.75 Å². The van der Waals surface area contributed by atoms with Gasteiger partial charge >= 0.3 is 5.97 Å². The molecule has 1 aliphatic heterocycles. The Kier molecular flexibility index (Phi) is 6.57. The molecule has 1 amide bonds. The normalized spacial score (nSPS) is 15.1. The molecule has 9 heteroatoms. The first kappa shape index (κ1) is 25.6. The third-order valence-electron chi connectivity index (χ3n) is 6.68. The van der Waals surface area contributed by atoms with E-state index in [0.29, 0.717) is 28.0 Å². The number of esters is 1. The van der Waals surface area contributed by atoms with Gasteiger partial charge < -0.3 is 23.9 Å². The van der Waals surface area contributed by atoms with Crippen LogP contribution in [0.25, 0.3) is 11.0 Å². The Morgan fingerprint density at radius 2 is 1.69 bits per heavy atom. The highest BCUT2D eigenvalue weighted by Crippen LogP contribution is 2.43. The number of carbonyl (C=O) groups excluding carboxylic acids is 3. The predicted molar refractivity (Wildman–Crippen MR) is 146 cm³/mol. The largest absolute Gasteiger partial charge is 0.503 e. The minimum atomic E-state index is -0.996. The molecule has 1 unspecified atom stereocenters. The molecule has 39 heavy (non-hydrogen) atoms. The third kappa shape index (κ3) is 4.37. The maximum atomic E-state index is 13.9. The first-order chi connectivity index (χ1) is 18.7. The molecular formula is C30H26N2O7. The van der Waals surface area contributed by atoms with Crippen molar-refractivity contribution >= 4 is 40.0 Å². The van der Waals surface area contributed by atoms with Crippen LogP contribution in [-0.2, 0) is 9.53 Å². The molecule has 0 saturated heterocycles. The Bertz CT molecular complexity index is 1630. The van der Waals surface area contributed by atoms with Gasteiger partial charge in [0.1, 0.15) is 0 Å². The van der Waals surface area contributed by atoms with E-state index < -0.39 is 29.5 Å². The van der Waals surface area contributed by atoms with Gasteiger partial charge in [0.05, 0.1) is 31.4 Å². The fourth-order valence-electron chi connectivity index (χ4n) is 4.72. The van der Waals surface area contributed by atoms with Gasteiger partial charge in [-0.2, -0.15) is 0 Å². The van der Waals surface area contributed by atoms with Gasteiger partial charge in [-0.1, -0.05) is 30.3 Å². The van der Waals surface area contributed by atoms with E-state index in [4.69, 9.17) is 13.9 Å². The van der Waals surface area contributed by atoms with Crippen LogP contribution in [0.4, 0.5) is 11.4 Å². The van der Waals surface area contributed by atoms with E-state index in [1.165, 1.54) is 25.2 Å². The molecule has 0 saturated carbocycles. The number of aliphatic hydroxyl groups excluding tert-OH is 1. The van der Waals surface area contributed by atoms with Gasteiger partial charge in [-0.05, 0) is 48.0 Å². The van der Waals surface area contributed by atoms with Crippen LogP contribution in [-0.4, -0.2) is 51.1 Å². The summed E-state index contributed by atoms with van der Waals surface area (Å²) in [6.07, 6.45) is 0. The SMILES string of the molecule is COC(=O)c1cccc(N2C(=O)C(O)=C(C(=O)c3cc4cccc(OC)c4o3)C2c2ccc(N(C)C)cc2)c1. The van der Waals surface area contributed by atoms with Crippen LogP contribution >= 0.6 is 0 Å². The molecule has 0 bridgehead atoms. The molecule has 0 fully saturated rings. The molecule has 1 aromatic heterocycles. The second-order valence-electron chi connectivity index (χ2n) is 9.19. The number of fused-ring (bicyclic) bond motifs is 1. The van der Waals surface area contributed by atoms with Crippen molar-refractivity contribution in [1.82, 2.24) is 0 Å². The van der Waals surface area contributed by atoms with Gasteiger partial charge in [0.15, 0.2) is 22.9 Å². The first-order valence-corrected chi connectivity index (χ1v) is 12.1. The summed E-state index contributed by atoms with van der Waals surface area (Å²) in [5.41, 5.74) is 2.26. The van der Waals surface area contributed by atoms with E-state index in [1.54, 1.807) is 54.6 Å². The molecule has 0 radical (unpaired) electrons. The number of methoxy groups -OCH3 is 2. The smallest absolute Gasteiger partial charge is 0.337 e. The quantitative estimate of drug-likeness (QED) is 0.262. The summed E-state index contributed by atoms with van der Waals surface area (Å²) < 4.78 is 16.1. The number of rotatable bonds is 7. The standard InChI is InChI=1S/C30H26N2O7/c1-31(2)20-13-11-17(12-14-20)25-24(26(33)23-16-18-7-6-10-22(37-3)28(18)39-23)27(34)29(35)32(25)21-9-5-8-19(15-21)30(36)38-4/h5-16,25,34H,1-4H3. The van der Waals surface area contributed by atoms with Crippen molar-refractivity contribution in [2.45, 2.75) is 6.04 Å². The molecule has 5 rings (SSSR count). The number of nitrogens with zero attached hydrogens (tertiary/aromatic N) is 2. The minimum Gasteiger partial charge on any atom is -0.503 e. The topological polar surface area (TPSA) is 110 Å². The predicted octanol–water partition coefficient (Wildman–Crippen LogP) is 5.08. The first-order valence-electron chi connectivity index (χ1n) is 12.1. The lowest BCUT2D eigenvalue weighted by Gasteiger charge is -2.27. The van der Waals surface area contributed by atoms with Crippen molar-refractivity contribution in [2.75, 3.05) is 38.1 Å². The molecule has 9 nitrogen and oxygen atoms in total.